The van der Waals surface area contributed by atoms with Gasteiger partial charge in [0.25, 0.3) is 0 Å². The third kappa shape index (κ3) is 3.47. The Bertz CT molecular complexity index is 941. The van der Waals surface area contributed by atoms with Crippen LogP contribution >= 0.6 is 11.6 Å². The number of unbranched alkanes of at least 4 members (excludes halogenated alkanes) is 1. The summed E-state index contributed by atoms with van der Waals surface area (Å²) in [6, 6.07) is 0. The Morgan fingerprint density at radius 2 is 2.00 bits per heavy atom. The predicted molar refractivity (Wildman–Crippen MR) is 128 cm³/mol. The first-order chi connectivity index (χ1) is 16.0. The summed E-state index contributed by atoms with van der Waals surface area (Å²) >= 11 is 7.01. The maximum atomic E-state index is 13.4. The highest BCUT2D eigenvalue weighted by atomic mass is 35.5. The minimum atomic E-state index is -1.50. The second kappa shape index (κ2) is 8.86. The van der Waals surface area contributed by atoms with E-state index in [4.69, 9.17) is 16.3 Å². The number of fused-ring (bicyclic) bond motifs is 5. The van der Waals surface area contributed by atoms with E-state index < -0.39 is 40.9 Å². The van der Waals surface area contributed by atoms with E-state index in [0.29, 0.717) is 19.3 Å². The van der Waals surface area contributed by atoms with Crippen LogP contribution in [-0.2, 0) is 19.1 Å². The van der Waals surface area contributed by atoms with Crippen molar-refractivity contribution in [3.63, 3.8) is 0 Å². The Kier molecular flexibility index (Phi) is 6.67. The fourth-order valence-corrected chi connectivity index (χ4v) is 8.60. The zero-order valence-electron chi connectivity index (χ0n) is 20.6. The fourth-order valence-electron chi connectivity index (χ4n) is 8.10. The number of aliphatic hydroxyl groups is 2. The van der Waals surface area contributed by atoms with Gasteiger partial charge in [0.2, 0.25) is 5.78 Å². The standard InChI is InChI=1S/C27H37ClO6/c1-5-6-7-22(33)34-27(21(32)14-29)15(2)10-18-23-19(28)12-16-11-17(30)8-9-25(16,3)24(23)20(31)13-26(18,27)4/h8-9,11,15,18-20,23-24,29,31H,5-7,10,12-14H2,1-4H3/t15?,18-,19?,20?,23+,24-,25-,26-,27-/m0/s1. The molecule has 2 N–H and O–H groups in total. The summed E-state index contributed by atoms with van der Waals surface area (Å²) in [4.78, 5) is 38.3. The maximum absolute atomic E-state index is 13.4. The van der Waals surface area contributed by atoms with Gasteiger partial charge in [-0.3, -0.25) is 14.4 Å². The minimum Gasteiger partial charge on any atom is -0.450 e. The number of hydrogen-bond acceptors (Lipinski definition) is 6. The smallest absolute Gasteiger partial charge is 0.306 e. The molecule has 0 aromatic heterocycles. The van der Waals surface area contributed by atoms with Gasteiger partial charge in [0, 0.05) is 34.5 Å². The molecule has 0 saturated heterocycles. The van der Waals surface area contributed by atoms with Gasteiger partial charge in [-0.2, -0.15) is 0 Å². The lowest BCUT2D eigenvalue weighted by Gasteiger charge is -2.61. The van der Waals surface area contributed by atoms with Crippen molar-refractivity contribution in [2.75, 3.05) is 6.61 Å². The molecule has 6 nitrogen and oxygen atoms in total. The van der Waals surface area contributed by atoms with Crippen molar-refractivity contribution in [2.45, 2.75) is 83.3 Å². The molecule has 0 heterocycles. The molecular formula is C27H37ClO6. The highest BCUT2D eigenvalue weighted by Crippen LogP contribution is 2.69. The van der Waals surface area contributed by atoms with Crippen LogP contribution < -0.4 is 0 Å². The Morgan fingerprint density at radius 1 is 1.29 bits per heavy atom. The summed E-state index contributed by atoms with van der Waals surface area (Å²) in [5.41, 5.74) is -1.93. The van der Waals surface area contributed by atoms with Crippen molar-refractivity contribution in [3.05, 3.63) is 23.8 Å². The molecule has 9 atom stereocenters. The molecule has 0 bridgehead atoms. The van der Waals surface area contributed by atoms with Crippen LogP contribution in [-0.4, -0.2) is 51.4 Å². The number of halogens is 1. The molecule has 0 radical (unpaired) electrons. The Balaban J connectivity index is 1.79. The lowest BCUT2D eigenvalue weighted by molar-refractivity contribution is -0.205. The van der Waals surface area contributed by atoms with Crippen molar-refractivity contribution in [1.82, 2.24) is 0 Å². The van der Waals surface area contributed by atoms with Gasteiger partial charge in [0.1, 0.15) is 6.61 Å². The molecule has 0 spiro atoms. The lowest BCUT2D eigenvalue weighted by atomic mass is 9.46. The summed E-state index contributed by atoms with van der Waals surface area (Å²) in [5.74, 6) is -1.77. The minimum absolute atomic E-state index is 0.0639. The Labute approximate surface area is 206 Å². The molecule has 34 heavy (non-hydrogen) atoms. The number of Topliss-reactive ketones (excluding diaryl/α,β-unsaturated/α-hetero) is 1. The maximum Gasteiger partial charge on any atom is 0.306 e. The topological polar surface area (TPSA) is 101 Å². The quantitative estimate of drug-likeness (QED) is 0.432. The van der Waals surface area contributed by atoms with Crippen LogP contribution in [0.25, 0.3) is 0 Å². The third-order valence-electron chi connectivity index (χ3n) is 9.59. The van der Waals surface area contributed by atoms with Gasteiger partial charge in [0.05, 0.1) is 6.10 Å². The van der Waals surface area contributed by atoms with Crippen molar-refractivity contribution < 1.29 is 29.3 Å². The molecule has 3 unspecified atom stereocenters. The van der Waals surface area contributed by atoms with Crippen molar-refractivity contribution in [1.29, 1.82) is 0 Å². The molecule has 0 aliphatic heterocycles. The van der Waals surface area contributed by atoms with Gasteiger partial charge in [0.15, 0.2) is 11.4 Å². The van der Waals surface area contributed by atoms with E-state index in [9.17, 15) is 24.6 Å². The summed E-state index contributed by atoms with van der Waals surface area (Å²) < 4.78 is 6.07. The first kappa shape index (κ1) is 25.6. The van der Waals surface area contributed by atoms with Crippen LogP contribution in [0, 0.1) is 34.5 Å². The average Bonchev–Trinajstić information content (AvgIpc) is 2.99. The van der Waals surface area contributed by atoms with E-state index in [0.717, 1.165) is 12.0 Å². The molecule has 4 aliphatic carbocycles. The highest BCUT2D eigenvalue weighted by molar-refractivity contribution is 6.21. The van der Waals surface area contributed by atoms with Crippen LogP contribution in [0.1, 0.15) is 66.2 Å². The van der Waals surface area contributed by atoms with Gasteiger partial charge < -0.3 is 14.9 Å². The number of hydrogen-bond donors (Lipinski definition) is 2. The van der Waals surface area contributed by atoms with Gasteiger partial charge >= 0.3 is 5.97 Å². The Morgan fingerprint density at radius 3 is 2.65 bits per heavy atom. The summed E-state index contributed by atoms with van der Waals surface area (Å²) in [5, 5.41) is 21.3. The number of esters is 1. The zero-order chi connectivity index (χ0) is 25.1. The van der Waals surface area contributed by atoms with Crippen molar-refractivity contribution in [3.8, 4) is 0 Å². The number of ether oxygens (including phenoxy) is 1. The second-order valence-corrected chi connectivity index (χ2v) is 11.9. The van der Waals surface area contributed by atoms with E-state index >= 15 is 0 Å². The Hall–Kier alpha value is -1.50. The molecule has 188 valence electrons. The van der Waals surface area contributed by atoms with Crippen molar-refractivity contribution in [2.24, 2.45) is 34.5 Å². The number of alkyl halides is 1. The summed E-state index contributed by atoms with van der Waals surface area (Å²) in [6.45, 7) is 7.15. The monoisotopic (exact) mass is 492 g/mol. The van der Waals surface area contributed by atoms with E-state index in [1.807, 2.05) is 26.8 Å². The van der Waals surface area contributed by atoms with Gasteiger partial charge in [-0.05, 0) is 49.7 Å². The molecule has 0 aromatic carbocycles. The van der Waals surface area contributed by atoms with Crippen LogP contribution in [0.5, 0.6) is 0 Å². The molecule has 7 heteroatoms. The fraction of sp³-hybridized carbons (Fsp3) is 0.741. The first-order valence-electron chi connectivity index (χ1n) is 12.6. The van der Waals surface area contributed by atoms with Gasteiger partial charge in [-0.25, -0.2) is 0 Å². The molecule has 0 aromatic rings. The molecule has 3 saturated carbocycles. The van der Waals surface area contributed by atoms with E-state index in [1.165, 1.54) is 0 Å². The average molecular weight is 493 g/mol. The molecular weight excluding hydrogens is 456 g/mol. The van der Waals surface area contributed by atoms with Crippen LogP contribution in [0.15, 0.2) is 23.8 Å². The molecule has 4 rings (SSSR count). The molecule has 4 aliphatic rings. The van der Waals surface area contributed by atoms with Crippen molar-refractivity contribution >= 4 is 29.1 Å². The molecule has 3 fully saturated rings. The van der Waals surface area contributed by atoms with E-state index in [2.05, 4.69) is 6.92 Å². The second-order valence-electron chi connectivity index (χ2n) is 11.3. The van der Waals surface area contributed by atoms with Crippen LogP contribution in [0.4, 0.5) is 0 Å². The van der Waals surface area contributed by atoms with Gasteiger partial charge in [-0.15, -0.1) is 11.6 Å². The largest absolute Gasteiger partial charge is 0.450 e. The number of carbonyl (C=O) groups is 3. The SMILES string of the molecule is CCCCC(=O)O[C@]1(C(=O)CO)C(C)C[C@H]2[C@@H]3C(Cl)CC4=CC(=O)C=C[C@]4(C)[C@H]3C(O)C[C@@]21C. The number of allylic oxidation sites excluding steroid dienone is 4. The van der Waals surface area contributed by atoms with Crippen LogP contribution in [0.3, 0.4) is 0 Å². The zero-order valence-corrected chi connectivity index (χ0v) is 21.3. The molecule has 0 amide bonds. The number of aliphatic hydroxyl groups excluding tert-OH is 2. The summed E-state index contributed by atoms with van der Waals surface area (Å²) in [6.07, 6.45) is 7.40. The highest BCUT2D eigenvalue weighted by Gasteiger charge is 2.73. The van der Waals surface area contributed by atoms with Crippen LogP contribution in [0.2, 0.25) is 0 Å². The van der Waals surface area contributed by atoms with E-state index in [1.54, 1.807) is 12.2 Å². The summed E-state index contributed by atoms with van der Waals surface area (Å²) in [7, 11) is 0. The first-order valence-corrected chi connectivity index (χ1v) is 13.0. The number of carbonyl (C=O) groups excluding carboxylic acids is 3. The number of rotatable bonds is 6. The van der Waals surface area contributed by atoms with Gasteiger partial charge in [-0.1, -0.05) is 45.8 Å². The lowest BCUT2D eigenvalue weighted by Crippen LogP contribution is -2.65. The third-order valence-corrected chi connectivity index (χ3v) is 10.0. The van der Waals surface area contributed by atoms with E-state index in [-0.39, 0.29) is 47.7 Å². The number of ketones is 2. The predicted octanol–water partition coefficient (Wildman–Crippen LogP) is 3.76. The normalized spacial score (nSPS) is 45.1.